The molecule has 0 spiro atoms. The van der Waals surface area contributed by atoms with E-state index in [9.17, 15) is 4.79 Å². The fourth-order valence-corrected chi connectivity index (χ4v) is 2.41. The molecule has 1 aromatic carbocycles. The van der Waals surface area contributed by atoms with Gasteiger partial charge in [0.15, 0.2) is 0 Å². The van der Waals surface area contributed by atoms with E-state index in [1.165, 1.54) is 0 Å². The normalized spacial score (nSPS) is 10.1. The third kappa shape index (κ3) is 3.74. The molecule has 0 fully saturated rings. The van der Waals surface area contributed by atoms with Crippen molar-refractivity contribution < 1.29 is 9.53 Å². The Bertz CT molecular complexity index is 677. The molecule has 5 nitrogen and oxygen atoms in total. The van der Waals surface area contributed by atoms with Crippen molar-refractivity contribution in [3.63, 3.8) is 0 Å². The lowest BCUT2D eigenvalue weighted by Crippen LogP contribution is -2.15. The molecule has 1 amide bonds. The molecule has 2 N–H and O–H groups in total. The van der Waals surface area contributed by atoms with Gasteiger partial charge in [0, 0.05) is 28.3 Å². The van der Waals surface area contributed by atoms with Crippen LogP contribution in [0.4, 0.5) is 11.5 Å². The van der Waals surface area contributed by atoms with Gasteiger partial charge in [0.25, 0.3) is 5.91 Å². The van der Waals surface area contributed by atoms with Crippen LogP contribution in [0.15, 0.2) is 39.4 Å². The predicted molar refractivity (Wildman–Crippen MR) is 90.1 cm³/mol. The molecular weight excluding hydrogens is 402 g/mol. The molecular formula is C14H13Br2N3O2. The number of carbonyl (C=O) groups excluding carboxylic acids is 1. The van der Waals surface area contributed by atoms with E-state index in [0.717, 1.165) is 8.95 Å². The monoisotopic (exact) mass is 413 g/mol. The summed E-state index contributed by atoms with van der Waals surface area (Å²) in [6, 6.07) is 7.07. The van der Waals surface area contributed by atoms with Gasteiger partial charge in [-0.1, -0.05) is 0 Å². The molecule has 2 aromatic rings. The van der Waals surface area contributed by atoms with Crippen LogP contribution in [0, 0.1) is 0 Å². The minimum Gasteiger partial charge on any atom is -0.497 e. The number of carbonyl (C=O) groups is 1. The summed E-state index contributed by atoms with van der Waals surface area (Å²) >= 11 is 6.72. The largest absolute Gasteiger partial charge is 0.497 e. The van der Waals surface area contributed by atoms with E-state index in [1.54, 1.807) is 38.6 Å². The molecule has 0 bridgehead atoms. The second kappa shape index (κ2) is 6.91. The van der Waals surface area contributed by atoms with E-state index in [4.69, 9.17) is 4.74 Å². The van der Waals surface area contributed by atoms with Crippen LogP contribution in [-0.2, 0) is 0 Å². The second-order valence-electron chi connectivity index (χ2n) is 4.10. The zero-order valence-electron chi connectivity index (χ0n) is 11.4. The molecule has 0 atom stereocenters. The lowest BCUT2D eigenvalue weighted by molar-refractivity contribution is 0.102. The third-order valence-electron chi connectivity index (χ3n) is 2.76. The van der Waals surface area contributed by atoms with Crippen molar-refractivity contribution in [3.05, 3.63) is 45.0 Å². The van der Waals surface area contributed by atoms with Gasteiger partial charge < -0.3 is 15.4 Å². The SMILES string of the molecule is CNc1ncc(Br)cc1C(=O)Nc1cc(OC)ccc1Br. The second-order valence-corrected chi connectivity index (χ2v) is 5.87. The summed E-state index contributed by atoms with van der Waals surface area (Å²) in [7, 11) is 3.29. The number of anilines is 2. The Balaban J connectivity index is 2.32. The van der Waals surface area contributed by atoms with Crippen LogP contribution >= 0.6 is 31.9 Å². The maximum Gasteiger partial charge on any atom is 0.259 e. The molecule has 0 saturated heterocycles. The number of hydrogen-bond donors (Lipinski definition) is 2. The van der Waals surface area contributed by atoms with Crippen LogP contribution in [0.25, 0.3) is 0 Å². The number of benzene rings is 1. The number of rotatable bonds is 4. The molecule has 0 saturated carbocycles. The summed E-state index contributed by atoms with van der Waals surface area (Å²) in [5.41, 5.74) is 1.07. The molecule has 0 radical (unpaired) electrons. The lowest BCUT2D eigenvalue weighted by atomic mass is 10.2. The molecule has 0 aliphatic heterocycles. The van der Waals surface area contributed by atoms with Crippen molar-refractivity contribution in [2.75, 3.05) is 24.8 Å². The van der Waals surface area contributed by atoms with Crippen LogP contribution < -0.4 is 15.4 Å². The van der Waals surface area contributed by atoms with Crippen LogP contribution in [0.5, 0.6) is 5.75 Å². The first-order valence-corrected chi connectivity index (χ1v) is 7.62. The Morgan fingerprint density at radius 3 is 2.71 bits per heavy atom. The molecule has 1 aromatic heterocycles. The average molecular weight is 415 g/mol. The van der Waals surface area contributed by atoms with Crippen molar-refractivity contribution in [1.82, 2.24) is 4.98 Å². The fourth-order valence-electron chi connectivity index (χ4n) is 1.73. The Hall–Kier alpha value is -1.60. The summed E-state index contributed by atoms with van der Waals surface area (Å²) in [6.45, 7) is 0. The summed E-state index contributed by atoms with van der Waals surface area (Å²) in [6.07, 6.45) is 1.63. The van der Waals surface area contributed by atoms with E-state index in [-0.39, 0.29) is 5.91 Å². The number of nitrogens with zero attached hydrogens (tertiary/aromatic N) is 1. The predicted octanol–water partition coefficient (Wildman–Crippen LogP) is 3.91. The maximum absolute atomic E-state index is 12.4. The van der Waals surface area contributed by atoms with Crippen molar-refractivity contribution in [1.29, 1.82) is 0 Å². The number of ether oxygens (including phenoxy) is 1. The quantitative estimate of drug-likeness (QED) is 0.796. The zero-order valence-corrected chi connectivity index (χ0v) is 14.6. The number of nitrogens with one attached hydrogen (secondary N) is 2. The summed E-state index contributed by atoms with van der Waals surface area (Å²) in [4.78, 5) is 16.6. The molecule has 0 aliphatic rings. The van der Waals surface area contributed by atoms with Gasteiger partial charge in [-0.05, 0) is 50.1 Å². The summed E-state index contributed by atoms with van der Waals surface area (Å²) in [5, 5.41) is 5.73. The van der Waals surface area contributed by atoms with E-state index in [2.05, 4.69) is 47.5 Å². The molecule has 0 aliphatic carbocycles. The van der Waals surface area contributed by atoms with E-state index < -0.39 is 0 Å². The Labute approximate surface area is 139 Å². The first-order chi connectivity index (χ1) is 10.0. The van der Waals surface area contributed by atoms with Gasteiger partial charge in [-0.15, -0.1) is 0 Å². The minimum absolute atomic E-state index is 0.262. The van der Waals surface area contributed by atoms with Crippen LogP contribution in [0.3, 0.4) is 0 Å². The number of aromatic nitrogens is 1. The van der Waals surface area contributed by atoms with Gasteiger partial charge in [-0.2, -0.15) is 0 Å². The summed E-state index contributed by atoms with van der Waals surface area (Å²) in [5.74, 6) is 0.909. The van der Waals surface area contributed by atoms with Crippen LogP contribution in [0.1, 0.15) is 10.4 Å². The van der Waals surface area contributed by atoms with Crippen molar-refractivity contribution in [2.24, 2.45) is 0 Å². The van der Waals surface area contributed by atoms with E-state index >= 15 is 0 Å². The number of amides is 1. The van der Waals surface area contributed by atoms with Crippen molar-refractivity contribution in [3.8, 4) is 5.75 Å². The standard InChI is InChI=1S/C14H13Br2N3O2/c1-17-13-10(5-8(15)7-18-13)14(20)19-12-6-9(21-2)3-4-11(12)16/h3-7H,1-2H3,(H,17,18)(H,19,20). The number of halogens is 2. The van der Waals surface area contributed by atoms with Gasteiger partial charge in [0.2, 0.25) is 0 Å². The zero-order chi connectivity index (χ0) is 15.4. The molecule has 1 heterocycles. The highest BCUT2D eigenvalue weighted by Crippen LogP contribution is 2.28. The topological polar surface area (TPSA) is 63.2 Å². The molecule has 0 unspecified atom stereocenters. The average Bonchev–Trinajstić information content (AvgIpc) is 2.49. The highest BCUT2D eigenvalue weighted by atomic mass is 79.9. The Morgan fingerprint density at radius 2 is 2.05 bits per heavy atom. The van der Waals surface area contributed by atoms with Gasteiger partial charge in [0.05, 0.1) is 18.4 Å². The highest BCUT2D eigenvalue weighted by molar-refractivity contribution is 9.10. The molecule has 21 heavy (non-hydrogen) atoms. The van der Waals surface area contributed by atoms with Crippen molar-refractivity contribution >= 4 is 49.3 Å². The molecule has 110 valence electrons. The lowest BCUT2D eigenvalue weighted by Gasteiger charge is -2.11. The van der Waals surface area contributed by atoms with Gasteiger partial charge >= 0.3 is 0 Å². The van der Waals surface area contributed by atoms with E-state index in [1.807, 2.05) is 6.07 Å². The van der Waals surface area contributed by atoms with Crippen LogP contribution in [-0.4, -0.2) is 25.0 Å². The van der Waals surface area contributed by atoms with E-state index in [0.29, 0.717) is 22.8 Å². The summed E-state index contributed by atoms with van der Waals surface area (Å²) < 4.78 is 6.66. The smallest absolute Gasteiger partial charge is 0.259 e. The minimum atomic E-state index is -0.262. The maximum atomic E-state index is 12.4. The fraction of sp³-hybridized carbons (Fsp3) is 0.143. The highest BCUT2D eigenvalue weighted by Gasteiger charge is 2.14. The number of hydrogen-bond acceptors (Lipinski definition) is 4. The Morgan fingerprint density at radius 1 is 1.29 bits per heavy atom. The third-order valence-corrected chi connectivity index (χ3v) is 3.88. The van der Waals surface area contributed by atoms with Gasteiger partial charge in [-0.25, -0.2) is 4.98 Å². The number of pyridine rings is 1. The molecule has 7 heteroatoms. The number of methoxy groups -OCH3 is 1. The first-order valence-electron chi connectivity index (χ1n) is 6.03. The first kappa shape index (κ1) is 15.8. The molecule has 2 rings (SSSR count). The van der Waals surface area contributed by atoms with Gasteiger partial charge in [0.1, 0.15) is 11.6 Å². The van der Waals surface area contributed by atoms with Crippen molar-refractivity contribution in [2.45, 2.75) is 0 Å². The van der Waals surface area contributed by atoms with Gasteiger partial charge in [-0.3, -0.25) is 4.79 Å². The Kier molecular flexibility index (Phi) is 5.19. The van der Waals surface area contributed by atoms with Crippen LogP contribution in [0.2, 0.25) is 0 Å².